The first-order valence-electron chi connectivity index (χ1n) is 9.94. The second-order valence-electron chi connectivity index (χ2n) is 7.38. The van der Waals surface area contributed by atoms with E-state index in [-0.39, 0.29) is 36.6 Å². The number of nitrogens with one attached hydrogen (secondary N) is 1. The van der Waals surface area contributed by atoms with E-state index in [2.05, 4.69) is 10.1 Å². The van der Waals surface area contributed by atoms with Crippen LogP contribution >= 0.6 is 0 Å². The summed E-state index contributed by atoms with van der Waals surface area (Å²) in [4.78, 5) is 14.1. The number of rotatable bonds is 7. The van der Waals surface area contributed by atoms with Gasteiger partial charge in [0.05, 0.1) is 0 Å². The van der Waals surface area contributed by atoms with Gasteiger partial charge in [-0.2, -0.15) is 8.78 Å². The van der Waals surface area contributed by atoms with Crippen LogP contribution in [-0.4, -0.2) is 42.8 Å². The van der Waals surface area contributed by atoms with Gasteiger partial charge in [-0.15, -0.1) is 0 Å². The Bertz CT molecular complexity index is 870. The summed E-state index contributed by atoms with van der Waals surface area (Å²) < 4.78 is 53.9. The lowest BCUT2D eigenvalue weighted by Gasteiger charge is -2.38. The van der Waals surface area contributed by atoms with E-state index in [1.54, 1.807) is 17.0 Å². The molecular formula is C22H25F3N2O4. The van der Waals surface area contributed by atoms with Crippen molar-refractivity contribution < 1.29 is 32.2 Å². The summed E-state index contributed by atoms with van der Waals surface area (Å²) in [7, 11) is 0. The Morgan fingerprint density at radius 1 is 1.06 bits per heavy atom. The third kappa shape index (κ3) is 6.27. The van der Waals surface area contributed by atoms with Crippen LogP contribution in [0.2, 0.25) is 0 Å². The van der Waals surface area contributed by atoms with Gasteiger partial charge in [-0.1, -0.05) is 12.1 Å². The molecule has 0 spiro atoms. The normalized spacial score (nSPS) is 18.7. The van der Waals surface area contributed by atoms with Crippen LogP contribution in [-0.2, 0) is 18.0 Å². The van der Waals surface area contributed by atoms with Gasteiger partial charge in [0.2, 0.25) is 0 Å². The van der Waals surface area contributed by atoms with E-state index in [1.807, 2.05) is 13.8 Å². The molecule has 2 aromatic carbocycles. The van der Waals surface area contributed by atoms with Crippen molar-refractivity contribution in [2.45, 2.75) is 45.8 Å². The minimum absolute atomic E-state index is 0.0201. The quantitative estimate of drug-likeness (QED) is 0.698. The molecule has 2 atom stereocenters. The van der Waals surface area contributed by atoms with Crippen LogP contribution in [0.1, 0.15) is 25.0 Å². The average Bonchev–Trinajstić information content (AvgIpc) is 2.72. The zero-order valence-electron chi connectivity index (χ0n) is 17.3. The highest BCUT2D eigenvalue weighted by atomic mass is 19.3. The molecule has 1 saturated heterocycles. The van der Waals surface area contributed by atoms with Gasteiger partial charge in [-0.05, 0) is 49.7 Å². The highest BCUT2D eigenvalue weighted by Crippen LogP contribution is 2.21. The number of hydrogen-bond acceptors (Lipinski definition) is 5. The number of benzene rings is 2. The zero-order valence-corrected chi connectivity index (χ0v) is 17.3. The van der Waals surface area contributed by atoms with Gasteiger partial charge in [0.25, 0.3) is 0 Å². The van der Waals surface area contributed by atoms with Crippen LogP contribution in [0.5, 0.6) is 11.5 Å². The lowest BCUT2D eigenvalue weighted by molar-refractivity contribution is -0.0498. The highest BCUT2D eigenvalue weighted by molar-refractivity contribution is 5.68. The predicted octanol–water partition coefficient (Wildman–Crippen LogP) is 4.32. The lowest BCUT2D eigenvalue weighted by Crippen LogP contribution is -2.57. The number of piperazine rings is 1. The van der Waals surface area contributed by atoms with Crippen LogP contribution in [0.4, 0.5) is 18.0 Å². The molecule has 1 fully saturated rings. The fourth-order valence-corrected chi connectivity index (χ4v) is 3.39. The minimum atomic E-state index is -2.88. The smallest absolute Gasteiger partial charge is 0.410 e. The third-order valence-corrected chi connectivity index (χ3v) is 4.96. The summed E-state index contributed by atoms with van der Waals surface area (Å²) in [6.07, 6.45) is -0.488. The Hall–Kier alpha value is -2.94. The van der Waals surface area contributed by atoms with Crippen molar-refractivity contribution in [2.75, 3.05) is 13.1 Å². The standard InChI is InChI=1S/C22H25F3N2O4/c1-14-10-26-11-15(2)27(14)22(28)30-13-17-9-19(7-8-20(17)23)29-12-16-3-5-18(6-4-16)31-21(24)25/h3-9,14-15,21,26H,10-13H2,1-2H3/t14-,15+. The van der Waals surface area contributed by atoms with Crippen molar-refractivity contribution >= 4 is 6.09 Å². The van der Waals surface area contributed by atoms with E-state index in [0.717, 1.165) is 5.56 Å². The van der Waals surface area contributed by atoms with Crippen molar-refractivity contribution in [3.05, 3.63) is 59.4 Å². The molecule has 31 heavy (non-hydrogen) atoms. The Labute approximate surface area is 178 Å². The molecule has 1 aliphatic rings. The molecule has 1 heterocycles. The molecule has 2 aromatic rings. The summed E-state index contributed by atoms with van der Waals surface area (Å²) in [5.41, 5.74) is 0.919. The largest absolute Gasteiger partial charge is 0.489 e. The van der Waals surface area contributed by atoms with Crippen molar-refractivity contribution in [1.82, 2.24) is 10.2 Å². The Balaban J connectivity index is 1.56. The van der Waals surface area contributed by atoms with E-state index in [4.69, 9.17) is 9.47 Å². The molecule has 168 valence electrons. The predicted molar refractivity (Wildman–Crippen MR) is 108 cm³/mol. The van der Waals surface area contributed by atoms with Crippen LogP contribution in [0.25, 0.3) is 0 Å². The molecule has 3 rings (SSSR count). The van der Waals surface area contributed by atoms with Crippen LogP contribution in [0.3, 0.4) is 0 Å². The summed E-state index contributed by atoms with van der Waals surface area (Å²) in [5.74, 6) is -0.0583. The number of carbonyl (C=O) groups excluding carboxylic acids is 1. The fraction of sp³-hybridized carbons (Fsp3) is 0.409. The van der Waals surface area contributed by atoms with E-state index < -0.39 is 18.5 Å². The van der Waals surface area contributed by atoms with Crippen molar-refractivity contribution in [2.24, 2.45) is 0 Å². The fourth-order valence-electron chi connectivity index (χ4n) is 3.39. The maximum atomic E-state index is 14.2. The first-order chi connectivity index (χ1) is 14.8. The molecule has 9 heteroatoms. The molecule has 0 bridgehead atoms. The average molecular weight is 438 g/mol. The number of halogens is 3. The molecule has 0 aliphatic carbocycles. The molecule has 6 nitrogen and oxygen atoms in total. The van der Waals surface area contributed by atoms with Crippen molar-refractivity contribution in [3.8, 4) is 11.5 Å². The van der Waals surface area contributed by atoms with Crippen LogP contribution < -0.4 is 14.8 Å². The van der Waals surface area contributed by atoms with Gasteiger partial charge in [-0.25, -0.2) is 9.18 Å². The summed E-state index contributed by atoms with van der Waals surface area (Å²) >= 11 is 0. The molecular weight excluding hydrogens is 413 g/mol. The van der Waals surface area contributed by atoms with Crippen LogP contribution in [0.15, 0.2) is 42.5 Å². The first-order valence-corrected chi connectivity index (χ1v) is 9.94. The number of alkyl halides is 2. The monoisotopic (exact) mass is 438 g/mol. The van der Waals surface area contributed by atoms with Gasteiger partial charge in [-0.3, -0.25) is 0 Å². The molecule has 1 amide bonds. The topological polar surface area (TPSA) is 60.0 Å². The Morgan fingerprint density at radius 3 is 2.35 bits per heavy atom. The zero-order chi connectivity index (χ0) is 22.4. The minimum Gasteiger partial charge on any atom is -0.489 e. The third-order valence-electron chi connectivity index (χ3n) is 4.96. The van der Waals surface area contributed by atoms with Gasteiger partial charge in [0.1, 0.15) is 30.5 Å². The number of nitrogens with zero attached hydrogens (tertiary/aromatic N) is 1. The number of amides is 1. The Morgan fingerprint density at radius 2 is 1.71 bits per heavy atom. The van der Waals surface area contributed by atoms with Gasteiger partial charge < -0.3 is 24.4 Å². The summed E-state index contributed by atoms with van der Waals surface area (Å²) in [6, 6.07) is 10.2. The van der Waals surface area contributed by atoms with Gasteiger partial charge >= 0.3 is 12.7 Å². The number of carbonyl (C=O) groups is 1. The second-order valence-corrected chi connectivity index (χ2v) is 7.38. The van der Waals surface area contributed by atoms with Crippen LogP contribution in [0, 0.1) is 5.82 Å². The molecule has 0 aromatic heterocycles. The van der Waals surface area contributed by atoms with E-state index in [9.17, 15) is 18.0 Å². The highest BCUT2D eigenvalue weighted by Gasteiger charge is 2.30. The second kappa shape index (κ2) is 10.4. The molecule has 0 saturated carbocycles. The number of ether oxygens (including phenoxy) is 3. The molecule has 0 radical (unpaired) electrons. The summed E-state index contributed by atoms with van der Waals surface area (Å²) in [6.45, 7) is 2.24. The summed E-state index contributed by atoms with van der Waals surface area (Å²) in [5, 5.41) is 3.23. The molecule has 1 N–H and O–H groups in total. The Kier molecular flexibility index (Phi) is 7.62. The van der Waals surface area contributed by atoms with Crippen molar-refractivity contribution in [3.63, 3.8) is 0 Å². The molecule has 0 unspecified atom stereocenters. The van der Waals surface area contributed by atoms with Gasteiger partial charge in [0.15, 0.2) is 0 Å². The lowest BCUT2D eigenvalue weighted by atomic mass is 10.1. The molecule has 1 aliphatic heterocycles. The SMILES string of the molecule is C[C@@H]1CNC[C@H](C)N1C(=O)OCc1cc(OCc2ccc(OC(F)F)cc2)ccc1F. The van der Waals surface area contributed by atoms with Crippen molar-refractivity contribution in [1.29, 1.82) is 0 Å². The van der Waals surface area contributed by atoms with E-state index >= 15 is 0 Å². The van der Waals surface area contributed by atoms with E-state index in [1.165, 1.54) is 30.3 Å². The van der Waals surface area contributed by atoms with Gasteiger partial charge in [0, 0.05) is 30.7 Å². The first kappa shape index (κ1) is 22.7. The maximum absolute atomic E-state index is 14.2. The maximum Gasteiger partial charge on any atom is 0.410 e. The van der Waals surface area contributed by atoms with E-state index in [0.29, 0.717) is 18.8 Å². The number of hydrogen-bond donors (Lipinski definition) is 1.